The molecule has 0 saturated carbocycles. The third kappa shape index (κ3) is 10.9. The van der Waals surface area contributed by atoms with Crippen molar-refractivity contribution in [1.29, 1.82) is 0 Å². The first-order valence-electron chi connectivity index (χ1n) is 23.5. The Kier molecular flexibility index (Phi) is 15.6. The van der Waals surface area contributed by atoms with E-state index in [4.69, 9.17) is 23.6 Å². The molecule has 8 nitrogen and oxygen atoms in total. The smallest absolute Gasteiger partial charge is 0.305 e. The van der Waals surface area contributed by atoms with Gasteiger partial charge in [-0.1, -0.05) is 189 Å². The number of hydrogen-bond acceptors (Lipinski definition) is 7. The van der Waals surface area contributed by atoms with Gasteiger partial charge in [0.15, 0.2) is 0 Å². The molecule has 67 heavy (non-hydrogen) atoms. The quantitative estimate of drug-likeness (QED) is 0.0905. The minimum Gasteiger partial charge on any atom is -0.481 e. The van der Waals surface area contributed by atoms with Crippen LogP contribution < -0.4 is 25.6 Å². The monoisotopic (exact) mass is 935 g/mol. The molecule has 11 heteroatoms. The van der Waals surface area contributed by atoms with E-state index in [0.717, 1.165) is 37.6 Å². The number of anilines is 1. The highest BCUT2D eigenvalue weighted by Gasteiger charge is 2.54. The van der Waals surface area contributed by atoms with Crippen LogP contribution in [-0.4, -0.2) is 76.2 Å². The van der Waals surface area contributed by atoms with Crippen LogP contribution in [0.15, 0.2) is 152 Å². The second kappa shape index (κ2) is 21.2. The van der Waals surface area contributed by atoms with Crippen molar-refractivity contribution in [2.24, 2.45) is 0 Å². The van der Waals surface area contributed by atoms with Gasteiger partial charge in [0.25, 0.3) is 16.6 Å². The van der Waals surface area contributed by atoms with E-state index in [1.165, 1.54) is 12.1 Å². The van der Waals surface area contributed by atoms with Gasteiger partial charge in [-0.3, -0.25) is 4.79 Å². The first-order valence-corrected chi connectivity index (χ1v) is 27.3. The normalized spacial score (nSPS) is 14.9. The highest BCUT2D eigenvalue weighted by atomic mass is 28.4. The highest BCUT2D eigenvalue weighted by molar-refractivity contribution is 7.00. The third-order valence-electron chi connectivity index (χ3n) is 12.8. The largest absolute Gasteiger partial charge is 0.481 e. The van der Waals surface area contributed by atoms with E-state index in [0.29, 0.717) is 37.9 Å². The minimum atomic E-state index is -3.27. The molecule has 1 saturated heterocycles. The van der Waals surface area contributed by atoms with Gasteiger partial charge in [-0.2, -0.15) is 0 Å². The number of carboxylic acid groups (broad SMARTS) is 1. The molecule has 5 aromatic carbocycles. The van der Waals surface area contributed by atoms with Gasteiger partial charge in [0, 0.05) is 30.6 Å². The average molecular weight is 936 g/mol. The lowest BCUT2D eigenvalue weighted by molar-refractivity contribution is -0.139. The van der Waals surface area contributed by atoms with Crippen molar-refractivity contribution >= 4 is 55.4 Å². The highest BCUT2D eigenvalue weighted by Crippen LogP contribution is 2.41. The van der Waals surface area contributed by atoms with Crippen LogP contribution in [-0.2, 0) is 18.4 Å². The van der Waals surface area contributed by atoms with E-state index in [9.17, 15) is 14.3 Å². The molecule has 7 rings (SSSR count). The van der Waals surface area contributed by atoms with Gasteiger partial charge in [0.05, 0.1) is 43.2 Å². The zero-order valence-corrected chi connectivity index (χ0v) is 42.3. The van der Waals surface area contributed by atoms with E-state index < -0.39 is 44.9 Å². The Hall–Kier alpha value is -5.57. The minimum absolute atomic E-state index is 0.0177. The van der Waals surface area contributed by atoms with E-state index in [-0.39, 0.29) is 24.6 Å². The Morgan fingerprint density at radius 1 is 0.701 bits per heavy atom. The third-order valence-corrected chi connectivity index (χ3v) is 23.0. The predicted octanol–water partition coefficient (Wildman–Crippen LogP) is 10.0. The zero-order chi connectivity index (χ0) is 47.8. The van der Waals surface area contributed by atoms with Gasteiger partial charge in [0.2, 0.25) is 5.95 Å². The van der Waals surface area contributed by atoms with Crippen molar-refractivity contribution in [2.75, 3.05) is 31.2 Å². The topological polar surface area (TPSA) is 94.0 Å². The summed E-state index contributed by atoms with van der Waals surface area (Å²) in [5.74, 6) is -0.708. The van der Waals surface area contributed by atoms with Gasteiger partial charge in [-0.05, 0) is 61.0 Å². The maximum Gasteiger partial charge on any atom is 0.305 e. The lowest BCUT2D eigenvalue weighted by Crippen LogP contribution is -2.69. The molecule has 6 aromatic rings. The van der Waals surface area contributed by atoms with Gasteiger partial charge >= 0.3 is 5.97 Å². The van der Waals surface area contributed by atoms with Crippen molar-refractivity contribution in [3.63, 3.8) is 0 Å². The van der Waals surface area contributed by atoms with Gasteiger partial charge < -0.3 is 23.6 Å². The Morgan fingerprint density at radius 2 is 1.15 bits per heavy atom. The van der Waals surface area contributed by atoms with Crippen molar-refractivity contribution in [2.45, 2.75) is 96.4 Å². The Balaban J connectivity index is 1.47. The molecule has 350 valence electrons. The number of nitrogens with zero attached hydrogens (tertiary/aromatic N) is 3. The van der Waals surface area contributed by atoms with Crippen LogP contribution in [0.1, 0.15) is 85.4 Å². The summed E-state index contributed by atoms with van der Waals surface area (Å²) in [7, 11) is -6.52. The molecule has 1 aliphatic heterocycles. The van der Waals surface area contributed by atoms with Gasteiger partial charge in [-0.25, -0.2) is 14.4 Å². The van der Waals surface area contributed by atoms with Crippen LogP contribution in [0.5, 0.6) is 0 Å². The summed E-state index contributed by atoms with van der Waals surface area (Å²) in [4.78, 5) is 25.8. The molecular formula is C56H66FN3O5Si2. The van der Waals surface area contributed by atoms with E-state index in [1.54, 1.807) is 12.1 Å². The lowest BCUT2D eigenvalue weighted by Gasteiger charge is -2.47. The van der Waals surface area contributed by atoms with E-state index in [1.807, 2.05) is 48.5 Å². The molecule has 0 radical (unpaired) electrons. The summed E-state index contributed by atoms with van der Waals surface area (Å²) in [5.41, 5.74) is 3.05. The van der Waals surface area contributed by atoms with Gasteiger partial charge in [0.1, 0.15) is 5.82 Å². The fraction of sp³-hybridized carbons (Fsp3) is 0.339. The maximum atomic E-state index is 14.6. The molecule has 0 bridgehead atoms. The molecular weight excluding hydrogens is 870 g/mol. The number of morpholine rings is 1. The summed E-state index contributed by atoms with van der Waals surface area (Å²) in [6.45, 7) is 20.0. The standard InChI is InChI=1S/C56H66FN3O5Si2/c1-41(2)52-50(53(42-29-31-43(57)32-30-42)59-54(58-52)60-35-37-63-38-36-60)34-33-44(64-66(55(3,4)5,46-21-13-9-14-22-46)47-23-15-10-16-24-47)39-45(40-51(61)62)65-67(56(6,7)8,48-25-17-11-18-26-48)49-27-19-12-20-28-49/h9-34,41,44-45H,35-40H2,1-8H3,(H,61,62)/t44-,45-/m1/s1. The molecule has 0 spiro atoms. The molecule has 1 aliphatic rings. The summed E-state index contributed by atoms with van der Waals surface area (Å²) < 4.78 is 35.9. The fourth-order valence-corrected chi connectivity index (χ4v) is 19.0. The summed E-state index contributed by atoms with van der Waals surface area (Å²) in [6, 6.07) is 48.1. The molecule has 2 atom stereocenters. The number of hydrogen-bond donors (Lipinski definition) is 1. The number of carboxylic acids is 1. The summed E-state index contributed by atoms with van der Waals surface area (Å²) in [5, 5.41) is 14.3. The van der Waals surface area contributed by atoms with Crippen molar-refractivity contribution < 1.29 is 27.9 Å². The fourth-order valence-electron chi connectivity index (χ4n) is 9.67. The van der Waals surface area contributed by atoms with Crippen LogP contribution in [0, 0.1) is 5.82 Å². The Bertz CT molecular complexity index is 2480. The molecule has 1 N–H and O–H groups in total. The van der Waals surface area contributed by atoms with Crippen LogP contribution in [0.3, 0.4) is 0 Å². The summed E-state index contributed by atoms with van der Waals surface area (Å²) in [6.07, 6.45) is 2.67. The average Bonchev–Trinajstić information content (AvgIpc) is 3.32. The molecule has 1 aromatic heterocycles. The Labute approximate surface area is 399 Å². The Morgan fingerprint density at radius 3 is 1.57 bits per heavy atom. The number of aromatic nitrogens is 2. The number of rotatable bonds is 17. The van der Waals surface area contributed by atoms with Crippen molar-refractivity contribution in [1.82, 2.24) is 9.97 Å². The number of benzene rings is 5. The number of carbonyl (C=O) groups is 1. The summed E-state index contributed by atoms with van der Waals surface area (Å²) >= 11 is 0. The zero-order valence-electron chi connectivity index (χ0n) is 40.3. The first-order chi connectivity index (χ1) is 32.0. The second-order valence-electron chi connectivity index (χ2n) is 19.8. The van der Waals surface area contributed by atoms with E-state index in [2.05, 4.69) is 145 Å². The second-order valence-corrected chi connectivity index (χ2v) is 28.4. The number of halogens is 1. The number of ether oxygens (including phenoxy) is 1. The van der Waals surface area contributed by atoms with Crippen LogP contribution >= 0.6 is 0 Å². The SMILES string of the molecule is CC(C)c1nc(N2CCOCC2)nc(-c2ccc(F)cc2)c1C=C[C@H](C[C@H](CC(=O)O)O[Si](c1ccccc1)(c1ccccc1)C(C)(C)C)O[Si](c1ccccc1)(c1ccccc1)C(C)(C)C. The maximum absolute atomic E-state index is 14.6. The van der Waals surface area contributed by atoms with Crippen molar-refractivity contribution in [3.8, 4) is 11.3 Å². The molecule has 2 heterocycles. The molecule has 0 amide bonds. The molecule has 0 aliphatic carbocycles. The van der Waals surface area contributed by atoms with Crippen LogP contribution in [0.2, 0.25) is 10.1 Å². The van der Waals surface area contributed by atoms with Gasteiger partial charge in [-0.15, -0.1) is 0 Å². The van der Waals surface area contributed by atoms with Crippen LogP contribution in [0.4, 0.5) is 10.3 Å². The van der Waals surface area contributed by atoms with Crippen LogP contribution in [0.25, 0.3) is 17.3 Å². The molecule has 0 unspecified atom stereocenters. The molecule has 1 fully saturated rings. The first kappa shape index (κ1) is 49.3. The predicted molar refractivity (Wildman–Crippen MR) is 275 cm³/mol. The van der Waals surface area contributed by atoms with E-state index >= 15 is 0 Å². The number of aliphatic carboxylic acids is 1. The lowest BCUT2D eigenvalue weighted by atomic mass is 9.97. The van der Waals surface area contributed by atoms with Crippen molar-refractivity contribution in [3.05, 3.63) is 169 Å².